The Bertz CT molecular complexity index is 1050. The zero-order valence-electron chi connectivity index (χ0n) is 19.5. The quantitative estimate of drug-likeness (QED) is 0.486. The fourth-order valence-corrected chi connectivity index (χ4v) is 4.18. The molecule has 1 atom stereocenters. The third-order valence-corrected chi connectivity index (χ3v) is 6.14. The predicted molar refractivity (Wildman–Crippen MR) is 127 cm³/mol. The monoisotopic (exact) mass is 469 g/mol. The fourth-order valence-electron chi connectivity index (χ4n) is 4.18. The molecule has 3 aromatic rings. The molecule has 0 unspecified atom stereocenters. The Morgan fingerprint density at radius 2 is 1.94 bits per heavy atom. The molecule has 2 aromatic carbocycles. The number of nitrogens with zero attached hydrogens (tertiary/aromatic N) is 3. The third kappa shape index (κ3) is 6.48. The summed E-state index contributed by atoms with van der Waals surface area (Å²) in [5, 5.41) is 11.0. The number of likely N-dealkylation sites (tertiary alicyclic amines) is 1. The SMILES string of the molecule is COc1cc(CN2CCC[C@@](O)(COc3ccccc3F)CC2)ccc1OCCn1ccnc1. The van der Waals surface area contributed by atoms with Gasteiger partial charge in [-0.25, -0.2) is 9.37 Å². The van der Waals surface area contributed by atoms with E-state index in [9.17, 15) is 9.50 Å². The van der Waals surface area contributed by atoms with Crippen molar-refractivity contribution in [3.05, 3.63) is 72.6 Å². The second-order valence-corrected chi connectivity index (χ2v) is 8.71. The Morgan fingerprint density at radius 3 is 2.74 bits per heavy atom. The van der Waals surface area contributed by atoms with E-state index in [1.807, 2.05) is 29.0 Å². The summed E-state index contributed by atoms with van der Waals surface area (Å²) in [6, 6.07) is 12.3. The summed E-state index contributed by atoms with van der Waals surface area (Å²) in [5.74, 6) is 1.18. The highest BCUT2D eigenvalue weighted by molar-refractivity contribution is 5.43. The van der Waals surface area contributed by atoms with Crippen molar-refractivity contribution in [3.63, 3.8) is 0 Å². The van der Waals surface area contributed by atoms with Gasteiger partial charge in [-0.2, -0.15) is 0 Å². The van der Waals surface area contributed by atoms with Crippen LogP contribution in [0.15, 0.2) is 61.2 Å². The predicted octanol–water partition coefficient (Wildman–Crippen LogP) is 3.91. The maximum atomic E-state index is 13.8. The molecule has 8 heteroatoms. The van der Waals surface area contributed by atoms with Gasteiger partial charge < -0.3 is 23.9 Å². The second-order valence-electron chi connectivity index (χ2n) is 8.71. The number of aliphatic hydroxyl groups is 1. The van der Waals surface area contributed by atoms with Crippen molar-refractivity contribution in [1.29, 1.82) is 0 Å². The van der Waals surface area contributed by atoms with Crippen molar-refractivity contribution in [1.82, 2.24) is 14.5 Å². The van der Waals surface area contributed by atoms with Crippen molar-refractivity contribution in [2.75, 3.05) is 33.4 Å². The first-order chi connectivity index (χ1) is 16.5. The highest BCUT2D eigenvalue weighted by atomic mass is 19.1. The number of methoxy groups -OCH3 is 1. The molecule has 4 rings (SSSR count). The van der Waals surface area contributed by atoms with E-state index in [1.165, 1.54) is 6.07 Å². The van der Waals surface area contributed by atoms with Gasteiger partial charge in [0.25, 0.3) is 0 Å². The lowest BCUT2D eigenvalue weighted by atomic mass is 9.96. The summed E-state index contributed by atoms with van der Waals surface area (Å²) < 4.78 is 32.9. The zero-order chi connectivity index (χ0) is 23.8. The molecule has 1 aliphatic heterocycles. The van der Waals surface area contributed by atoms with Crippen LogP contribution in [0.2, 0.25) is 0 Å². The van der Waals surface area contributed by atoms with Gasteiger partial charge in [-0.15, -0.1) is 0 Å². The van der Waals surface area contributed by atoms with Crippen LogP contribution in [0.1, 0.15) is 24.8 Å². The molecule has 1 fully saturated rings. The van der Waals surface area contributed by atoms with Crippen LogP contribution in [-0.2, 0) is 13.1 Å². The first kappa shape index (κ1) is 24.0. The maximum absolute atomic E-state index is 13.8. The van der Waals surface area contributed by atoms with E-state index in [0.29, 0.717) is 37.5 Å². The second kappa shape index (κ2) is 11.4. The number of benzene rings is 2. The highest BCUT2D eigenvalue weighted by Crippen LogP contribution is 2.30. The number of para-hydroxylation sites is 1. The lowest BCUT2D eigenvalue weighted by Crippen LogP contribution is -2.37. The zero-order valence-corrected chi connectivity index (χ0v) is 19.5. The van der Waals surface area contributed by atoms with Gasteiger partial charge in [-0.3, -0.25) is 4.90 Å². The van der Waals surface area contributed by atoms with Gasteiger partial charge in [-0.1, -0.05) is 18.2 Å². The van der Waals surface area contributed by atoms with Gasteiger partial charge in [0.15, 0.2) is 23.1 Å². The number of rotatable bonds is 10. The van der Waals surface area contributed by atoms with Gasteiger partial charge in [0.05, 0.1) is 25.6 Å². The Kier molecular flexibility index (Phi) is 8.03. The average molecular weight is 470 g/mol. The largest absolute Gasteiger partial charge is 0.493 e. The molecular weight excluding hydrogens is 437 g/mol. The van der Waals surface area contributed by atoms with Crippen LogP contribution in [0.3, 0.4) is 0 Å². The Labute approximate surface area is 199 Å². The molecule has 0 amide bonds. The standard InChI is InChI=1S/C26H32FN3O4/c1-32-25-17-21(7-8-24(25)33-16-15-30-14-11-28-20-30)18-29-12-4-9-26(31,10-13-29)19-34-23-6-3-2-5-22(23)27/h2-3,5-8,11,14,17,20,31H,4,9-10,12-13,15-16,18-19H2,1H3/t26-/m0/s1. The molecule has 0 spiro atoms. The first-order valence-electron chi connectivity index (χ1n) is 11.6. The van der Waals surface area contributed by atoms with Gasteiger partial charge in [0, 0.05) is 25.5 Å². The van der Waals surface area contributed by atoms with E-state index < -0.39 is 11.4 Å². The summed E-state index contributed by atoms with van der Waals surface area (Å²) in [7, 11) is 1.64. The van der Waals surface area contributed by atoms with Gasteiger partial charge in [0.1, 0.15) is 13.2 Å². The van der Waals surface area contributed by atoms with Crippen molar-refractivity contribution in [2.24, 2.45) is 0 Å². The molecule has 0 aliphatic carbocycles. The summed E-state index contributed by atoms with van der Waals surface area (Å²) in [4.78, 5) is 6.35. The molecule has 7 nitrogen and oxygen atoms in total. The molecule has 34 heavy (non-hydrogen) atoms. The van der Waals surface area contributed by atoms with Crippen LogP contribution in [0.25, 0.3) is 0 Å². The van der Waals surface area contributed by atoms with Crippen molar-refractivity contribution in [3.8, 4) is 17.2 Å². The summed E-state index contributed by atoms with van der Waals surface area (Å²) in [6.45, 7) is 3.65. The highest BCUT2D eigenvalue weighted by Gasteiger charge is 2.31. The van der Waals surface area contributed by atoms with E-state index in [4.69, 9.17) is 14.2 Å². The molecule has 1 aliphatic rings. The smallest absolute Gasteiger partial charge is 0.165 e. The minimum atomic E-state index is -0.971. The van der Waals surface area contributed by atoms with Crippen LogP contribution >= 0.6 is 0 Å². The Morgan fingerprint density at radius 1 is 1.06 bits per heavy atom. The molecule has 1 saturated heterocycles. The minimum Gasteiger partial charge on any atom is -0.493 e. The van der Waals surface area contributed by atoms with Gasteiger partial charge >= 0.3 is 0 Å². The van der Waals surface area contributed by atoms with E-state index in [2.05, 4.69) is 9.88 Å². The Hall–Kier alpha value is -3.10. The van der Waals surface area contributed by atoms with Crippen LogP contribution < -0.4 is 14.2 Å². The minimum absolute atomic E-state index is 0.0840. The van der Waals surface area contributed by atoms with E-state index >= 15 is 0 Å². The first-order valence-corrected chi connectivity index (χ1v) is 11.6. The lowest BCUT2D eigenvalue weighted by molar-refractivity contribution is -0.0177. The average Bonchev–Trinajstić information content (AvgIpc) is 3.29. The molecule has 0 radical (unpaired) electrons. The number of imidazole rings is 1. The number of hydrogen-bond acceptors (Lipinski definition) is 6. The van der Waals surface area contributed by atoms with Gasteiger partial charge in [0.2, 0.25) is 0 Å². The van der Waals surface area contributed by atoms with E-state index in [-0.39, 0.29) is 12.4 Å². The van der Waals surface area contributed by atoms with Crippen molar-refractivity contribution < 1.29 is 23.7 Å². The summed E-state index contributed by atoms with van der Waals surface area (Å²) in [6.07, 6.45) is 7.42. The molecule has 1 aromatic heterocycles. The normalized spacial score (nSPS) is 18.9. The van der Waals surface area contributed by atoms with E-state index in [0.717, 1.165) is 31.6 Å². The van der Waals surface area contributed by atoms with Crippen LogP contribution in [-0.4, -0.2) is 58.6 Å². The number of aromatic nitrogens is 2. The maximum Gasteiger partial charge on any atom is 0.165 e. The lowest BCUT2D eigenvalue weighted by Gasteiger charge is -2.27. The topological polar surface area (TPSA) is 69.0 Å². The Balaban J connectivity index is 1.29. The molecule has 0 saturated carbocycles. The number of ether oxygens (including phenoxy) is 3. The molecule has 1 N–H and O–H groups in total. The fraction of sp³-hybridized carbons (Fsp3) is 0.423. The van der Waals surface area contributed by atoms with E-state index in [1.54, 1.807) is 37.8 Å². The van der Waals surface area contributed by atoms with Crippen LogP contribution in [0.4, 0.5) is 4.39 Å². The van der Waals surface area contributed by atoms with Crippen molar-refractivity contribution in [2.45, 2.75) is 38.0 Å². The summed E-state index contributed by atoms with van der Waals surface area (Å²) >= 11 is 0. The number of halogens is 1. The number of hydrogen-bond donors (Lipinski definition) is 1. The van der Waals surface area contributed by atoms with Crippen LogP contribution in [0.5, 0.6) is 17.2 Å². The molecule has 2 heterocycles. The molecule has 182 valence electrons. The van der Waals surface area contributed by atoms with Crippen LogP contribution in [0, 0.1) is 5.82 Å². The molecular formula is C26H32FN3O4. The summed E-state index contributed by atoms with van der Waals surface area (Å²) in [5.41, 5.74) is 0.147. The third-order valence-electron chi connectivity index (χ3n) is 6.14. The van der Waals surface area contributed by atoms with Crippen molar-refractivity contribution >= 4 is 0 Å². The van der Waals surface area contributed by atoms with Gasteiger partial charge in [-0.05, 0) is 55.6 Å². The molecule has 0 bridgehead atoms.